The molecule has 0 aliphatic carbocycles. The number of aliphatic hydroxyl groups excluding tert-OH is 1. The second-order valence-electron chi connectivity index (χ2n) is 7.62. The molecular weight excluding hydrogens is 485 g/mol. The summed E-state index contributed by atoms with van der Waals surface area (Å²) < 4.78 is 5.83. The van der Waals surface area contributed by atoms with E-state index in [9.17, 15) is 15.0 Å². The predicted octanol–water partition coefficient (Wildman–Crippen LogP) is 3.52. The SMILES string of the molecule is CC[C@@H](COC)NCc1cccc(CCNC[C@H](O)c2ccc(O)c3[nH]c(=O)sc23)c1.Cl.Cl. The second-order valence-corrected chi connectivity index (χ2v) is 8.61. The largest absolute Gasteiger partial charge is 0.506 e. The number of aromatic nitrogens is 1. The lowest BCUT2D eigenvalue weighted by Crippen LogP contribution is -2.32. The van der Waals surface area contributed by atoms with Gasteiger partial charge in [0.15, 0.2) is 0 Å². The van der Waals surface area contributed by atoms with Crippen molar-refractivity contribution in [2.45, 2.75) is 38.5 Å². The van der Waals surface area contributed by atoms with Gasteiger partial charge in [0.2, 0.25) is 0 Å². The summed E-state index contributed by atoms with van der Waals surface area (Å²) in [6.45, 7) is 4.74. The molecule has 7 nitrogen and oxygen atoms in total. The van der Waals surface area contributed by atoms with Crippen molar-refractivity contribution in [3.05, 3.63) is 62.8 Å². The van der Waals surface area contributed by atoms with Crippen molar-refractivity contribution >= 4 is 46.4 Å². The van der Waals surface area contributed by atoms with Crippen LogP contribution in [-0.4, -0.2) is 48.0 Å². The minimum atomic E-state index is -0.767. The highest BCUT2D eigenvalue weighted by atomic mass is 35.5. The van der Waals surface area contributed by atoms with Crippen LogP contribution >= 0.6 is 36.2 Å². The van der Waals surface area contributed by atoms with Gasteiger partial charge in [-0.3, -0.25) is 4.79 Å². The summed E-state index contributed by atoms with van der Waals surface area (Å²) in [6, 6.07) is 12.0. The fraction of sp³-hybridized carbons (Fsp3) is 0.435. The van der Waals surface area contributed by atoms with Crippen LogP contribution in [0.5, 0.6) is 5.75 Å². The molecule has 0 radical (unpaired) electrons. The first kappa shape index (κ1) is 29.4. The van der Waals surface area contributed by atoms with E-state index in [4.69, 9.17) is 4.74 Å². The van der Waals surface area contributed by atoms with Gasteiger partial charge in [0, 0.05) is 31.8 Å². The Hall–Kier alpha value is -1.65. The fourth-order valence-corrected chi connectivity index (χ4v) is 4.48. The summed E-state index contributed by atoms with van der Waals surface area (Å²) in [5, 5.41) is 27.3. The van der Waals surface area contributed by atoms with Crippen molar-refractivity contribution in [3.8, 4) is 5.75 Å². The van der Waals surface area contributed by atoms with Crippen molar-refractivity contribution in [3.63, 3.8) is 0 Å². The van der Waals surface area contributed by atoms with Crippen LogP contribution in [0, 0.1) is 0 Å². The molecule has 0 unspecified atom stereocenters. The summed E-state index contributed by atoms with van der Waals surface area (Å²) >= 11 is 0.997. The number of benzene rings is 2. The standard InChI is InChI=1S/C23H31N3O4S.2ClH/c1-3-17(14-30-2)25-12-16-6-4-5-15(11-16)9-10-24-13-20(28)18-7-8-19(27)21-22(18)31-23(29)26-21;;/h4-8,11,17,20,24-25,27-28H,3,9-10,12-14H2,1-2H3,(H,26,29);2*1H/t17-,20-;;/m0../s1. The Labute approximate surface area is 210 Å². The predicted molar refractivity (Wildman–Crippen MR) is 139 cm³/mol. The summed E-state index contributed by atoms with van der Waals surface area (Å²) in [6.07, 6.45) is 1.10. The lowest BCUT2D eigenvalue weighted by molar-refractivity contribution is 0.164. The van der Waals surface area contributed by atoms with E-state index in [1.807, 2.05) is 0 Å². The number of ether oxygens (including phenoxy) is 1. The Bertz CT molecular complexity index is 1040. The Morgan fingerprint density at radius 1 is 1.18 bits per heavy atom. The normalized spacial score (nSPS) is 12.7. The number of fused-ring (bicyclic) bond motifs is 1. The van der Waals surface area contributed by atoms with E-state index in [1.54, 1.807) is 13.2 Å². The first-order chi connectivity index (χ1) is 15.0. The van der Waals surface area contributed by atoms with E-state index in [-0.39, 0.29) is 35.4 Å². The van der Waals surface area contributed by atoms with Crippen LogP contribution < -0.4 is 15.5 Å². The van der Waals surface area contributed by atoms with Crippen LogP contribution in [0.4, 0.5) is 0 Å². The number of phenols is 1. The lowest BCUT2D eigenvalue weighted by Gasteiger charge is -2.16. The van der Waals surface area contributed by atoms with Crippen molar-refractivity contribution in [2.75, 3.05) is 26.8 Å². The molecule has 10 heteroatoms. The van der Waals surface area contributed by atoms with Crippen LogP contribution in [-0.2, 0) is 17.7 Å². The average Bonchev–Trinajstić information content (AvgIpc) is 3.17. The minimum Gasteiger partial charge on any atom is -0.506 e. The average molecular weight is 519 g/mol. The number of aromatic hydroxyl groups is 1. The van der Waals surface area contributed by atoms with Gasteiger partial charge >= 0.3 is 4.87 Å². The smallest absolute Gasteiger partial charge is 0.305 e. The molecule has 3 aromatic rings. The molecule has 184 valence electrons. The molecule has 2 aromatic carbocycles. The maximum atomic E-state index is 11.6. The highest BCUT2D eigenvalue weighted by Gasteiger charge is 2.16. The zero-order chi connectivity index (χ0) is 22.2. The molecule has 0 saturated heterocycles. The highest BCUT2D eigenvalue weighted by Crippen LogP contribution is 2.31. The maximum absolute atomic E-state index is 11.6. The third-order valence-electron chi connectivity index (χ3n) is 5.32. The van der Waals surface area contributed by atoms with Gasteiger partial charge in [-0.1, -0.05) is 48.6 Å². The number of nitrogens with one attached hydrogen (secondary N) is 3. The maximum Gasteiger partial charge on any atom is 0.305 e. The Balaban J connectivity index is 0.00000272. The number of rotatable bonds is 12. The van der Waals surface area contributed by atoms with Gasteiger partial charge in [-0.05, 0) is 36.6 Å². The van der Waals surface area contributed by atoms with Gasteiger partial charge in [0.05, 0.1) is 17.4 Å². The van der Waals surface area contributed by atoms with E-state index in [2.05, 4.69) is 46.8 Å². The lowest BCUT2D eigenvalue weighted by atomic mass is 10.1. The first-order valence-corrected chi connectivity index (χ1v) is 11.4. The van der Waals surface area contributed by atoms with Crippen molar-refractivity contribution in [2.24, 2.45) is 0 Å². The number of aliphatic hydroxyl groups is 1. The van der Waals surface area contributed by atoms with Crippen molar-refractivity contribution in [1.82, 2.24) is 15.6 Å². The third kappa shape index (κ3) is 8.26. The number of H-pyrrole nitrogens is 1. The molecule has 0 bridgehead atoms. The minimum absolute atomic E-state index is 0. The number of thiazole rings is 1. The summed E-state index contributed by atoms with van der Waals surface area (Å²) in [5.74, 6) is 0.0131. The fourth-order valence-electron chi connectivity index (χ4n) is 3.56. The van der Waals surface area contributed by atoms with Gasteiger partial charge in [0.25, 0.3) is 0 Å². The van der Waals surface area contributed by atoms with E-state index < -0.39 is 6.10 Å². The number of aromatic amines is 1. The van der Waals surface area contributed by atoms with Crippen LogP contribution in [0.1, 0.15) is 36.1 Å². The molecule has 33 heavy (non-hydrogen) atoms. The van der Waals surface area contributed by atoms with Crippen molar-refractivity contribution in [1.29, 1.82) is 0 Å². The zero-order valence-electron chi connectivity index (χ0n) is 18.8. The number of halogens is 2. The third-order valence-corrected chi connectivity index (χ3v) is 6.25. The van der Waals surface area contributed by atoms with Crippen LogP contribution in [0.3, 0.4) is 0 Å². The number of hydrogen-bond donors (Lipinski definition) is 5. The number of methoxy groups -OCH3 is 1. The molecule has 0 aliphatic rings. The van der Waals surface area contributed by atoms with Gasteiger partial charge in [0.1, 0.15) is 11.3 Å². The first-order valence-electron chi connectivity index (χ1n) is 10.6. The van der Waals surface area contributed by atoms with Gasteiger partial charge < -0.3 is 30.6 Å². The zero-order valence-corrected chi connectivity index (χ0v) is 21.2. The van der Waals surface area contributed by atoms with Crippen molar-refractivity contribution < 1.29 is 14.9 Å². The quantitative estimate of drug-likeness (QED) is 0.235. The molecule has 5 N–H and O–H groups in total. The Kier molecular flexibility index (Phi) is 13.0. The number of hydrogen-bond acceptors (Lipinski definition) is 7. The van der Waals surface area contributed by atoms with Gasteiger partial charge in [-0.15, -0.1) is 24.8 Å². The van der Waals surface area contributed by atoms with Gasteiger partial charge in [-0.25, -0.2) is 0 Å². The summed E-state index contributed by atoms with van der Waals surface area (Å²) in [5.41, 5.74) is 3.49. The molecule has 1 aromatic heterocycles. The molecule has 3 rings (SSSR count). The molecular formula is C23H33Cl2N3O4S. The van der Waals surface area contributed by atoms with Crippen LogP contribution in [0.25, 0.3) is 10.2 Å². The molecule has 2 atom stereocenters. The topological polar surface area (TPSA) is 107 Å². The van der Waals surface area contributed by atoms with E-state index in [0.717, 1.165) is 37.3 Å². The summed E-state index contributed by atoms with van der Waals surface area (Å²) in [7, 11) is 1.72. The summed E-state index contributed by atoms with van der Waals surface area (Å²) in [4.78, 5) is 14.0. The molecule has 0 amide bonds. The highest BCUT2D eigenvalue weighted by molar-refractivity contribution is 7.16. The Morgan fingerprint density at radius 3 is 2.67 bits per heavy atom. The number of phenolic OH excluding ortho intramolecular Hbond substituents is 1. The second kappa shape index (κ2) is 14.6. The molecule has 0 aliphatic heterocycles. The molecule has 0 spiro atoms. The van der Waals surface area contributed by atoms with Crippen LogP contribution in [0.15, 0.2) is 41.2 Å². The molecule has 0 fully saturated rings. The molecule has 1 heterocycles. The van der Waals surface area contributed by atoms with E-state index in [0.29, 0.717) is 35.0 Å². The van der Waals surface area contributed by atoms with Gasteiger partial charge in [-0.2, -0.15) is 0 Å². The van der Waals surface area contributed by atoms with Crippen LogP contribution in [0.2, 0.25) is 0 Å². The molecule has 0 saturated carbocycles. The van der Waals surface area contributed by atoms with E-state index >= 15 is 0 Å². The Morgan fingerprint density at radius 2 is 1.94 bits per heavy atom. The van der Waals surface area contributed by atoms with E-state index in [1.165, 1.54) is 17.2 Å². The monoisotopic (exact) mass is 517 g/mol.